The van der Waals surface area contributed by atoms with E-state index in [1.807, 2.05) is 0 Å². The molecule has 3 rings (SSSR count). The van der Waals surface area contributed by atoms with E-state index in [9.17, 15) is 9.90 Å². The molecular formula is C17H30N2O2. The normalized spacial score (nSPS) is 41.9. The van der Waals surface area contributed by atoms with Gasteiger partial charge >= 0.3 is 5.97 Å². The van der Waals surface area contributed by atoms with Gasteiger partial charge in [-0.25, -0.2) is 0 Å². The van der Waals surface area contributed by atoms with Crippen LogP contribution in [0.5, 0.6) is 0 Å². The van der Waals surface area contributed by atoms with Gasteiger partial charge in [0.15, 0.2) is 0 Å². The van der Waals surface area contributed by atoms with Gasteiger partial charge in [-0.15, -0.1) is 0 Å². The maximum Gasteiger partial charge on any atom is 0.310 e. The number of carboxylic acid groups (broad SMARTS) is 1. The molecule has 21 heavy (non-hydrogen) atoms. The van der Waals surface area contributed by atoms with E-state index in [2.05, 4.69) is 23.8 Å². The first-order chi connectivity index (χ1) is 10.00. The fraction of sp³-hybridized carbons (Fsp3) is 0.941. The average Bonchev–Trinajstić information content (AvgIpc) is 2.69. The van der Waals surface area contributed by atoms with Crippen LogP contribution in [0.15, 0.2) is 0 Å². The van der Waals surface area contributed by atoms with Gasteiger partial charge in [0, 0.05) is 25.2 Å². The third kappa shape index (κ3) is 2.98. The Bertz CT molecular complexity index is 390. The predicted molar refractivity (Wildman–Crippen MR) is 83.3 cm³/mol. The van der Waals surface area contributed by atoms with Gasteiger partial charge in [-0.2, -0.15) is 0 Å². The Balaban J connectivity index is 1.67. The minimum Gasteiger partial charge on any atom is -0.481 e. The first kappa shape index (κ1) is 15.3. The second kappa shape index (κ2) is 5.88. The molecule has 0 aromatic heterocycles. The van der Waals surface area contributed by atoms with Crippen molar-refractivity contribution in [3.63, 3.8) is 0 Å². The lowest BCUT2D eigenvalue weighted by Crippen LogP contribution is -2.47. The van der Waals surface area contributed by atoms with E-state index in [-0.39, 0.29) is 0 Å². The Morgan fingerprint density at radius 3 is 2.48 bits per heavy atom. The van der Waals surface area contributed by atoms with Crippen LogP contribution >= 0.6 is 0 Å². The second-order valence-electron chi connectivity index (χ2n) is 7.84. The maximum atomic E-state index is 11.9. The topological polar surface area (TPSA) is 43.8 Å². The van der Waals surface area contributed by atoms with E-state index in [1.165, 1.54) is 19.3 Å². The van der Waals surface area contributed by atoms with Crippen LogP contribution in [-0.4, -0.2) is 59.6 Å². The molecule has 0 aromatic rings. The molecule has 3 aliphatic rings. The molecular weight excluding hydrogens is 264 g/mol. The highest BCUT2D eigenvalue weighted by molar-refractivity contribution is 5.75. The Morgan fingerprint density at radius 1 is 1.14 bits per heavy atom. The molecule has 2 saturated heterocycles. The summed E-state index contributed by atoms with van der Waals surface area (Å²) in [6, 6.07) is 1.37. The average molecular weight is 294 g/mol. The maximum absolute atomic E-state index is 11.9. The number of aliphatic carboxylic acids is 1. The van der Waals surface area contributed by atoms with Crippen LogP contribution in [0.2, 0.25) is 0 Å². The summed E-state index contributed by atoms with van der Waals surface area (Å²) >= 11 is 0. The molecule has 2 unspecified atom stereocenters. The molecule has 0 spiro atoms. The number of rotatable bonds is 3. The van der Waals surface area contributed by atoms with Crippen molar-refractivity contribution in [1.29, 1.82) is 0 Å². The summed E-state index contributed by atoms with van der Waals surface area (Å²) in [7, 11) is 2.25. The van der Waals surface area contributed by atoms with E-state index in [4.69, 9.17) is 0 Å². The molecule has 2 heterocycles. The first-order valence-corrected chi connectivity index (χ1v) is 8.68. The van der Waals surface area contributed by atoms with Crippen LogP contribution in [-0.2, 0) is 4.79 Å². The number of likely N-dealkylation sites (tertiary alicyclic amines) is 1. The molecule has 2 aliphatic heterocycles. The van der Waals surface area contributed by atoms with E-state index >= 15 is 0 Å². The lowest BCUT2D eigenvalue weighted by molar-refractivity contribution is -0.153. The zero-order valence-corrected chi connectivity index (χ0v) is 13.6. The molecule has 4 heteroatoms. The predicted octanol–water partition coefficient (Wildman–Crippen LogP) is 2.44. The number of carbonyl (C=O) groups is 1. The Morgan fingerprint density at radius 2 is 1.81 bits per heavy atom. The van der Waals surface area contributed by atoms with Crippen molar-refractivity contribution < 1.29 is 9.90 Å². The third-order valence-corrected chi connectivity index (χ3v) is 6.44. The summed E-state index contributed by atoms with van der Waals surface area (Å²) in [5.74, 6) is 0.140. The van der Waals surface area contributed by atoms with Gasteiger partial charge in [0.05, 0.1) is 5.41 Å². The van der Waals surface area contributed by atoms with Crippen LogP contribution in [0.3, 0.4) is 0 Å². The second-order valence-corrected chi connectivity index (χ2v) is 7.84. The van der Waals surface area contributed by atoms with Gasteiger partial charge in [-0.05, 0) is 64.5 Å². The molecule has 1 saturated carbocycles. The molecule has 0 aromatic carbocycles. The van der Waals surface area contributed by atoms with Crippen LogP contribution in [0, 0.1) is 11.3 Å². The number of carboxylic acids is 1. The molecule has 3 fully saturated rings. The summed E-state index contributed by atoms with van der Waals surface area (Å²) in [6.07, 6.45) is 7.70. The molecule has 1 aliphatic carbocycles. The summed E-state index contributed by atoms with van der Waals surface area (Å²) in [4.78, 5) is 16.9. The van der Waals surface area contributed by atoms with Crippen molar-refractivity contribution in [3.8, 4) is 0 Å². The van der Waals surface area contributed by atoms with Crippen molar-refractivity contribution in [1.82, 2.24) is 9.80 Å². The van der Waals surface area contributed by atoms with Crippen molar-refractivity contribution in [3.05, 3.63) is 0 Å². The number of nitrogens with zero attached hydrogens (tertiary/aromatic N) is 2. The van der Waals surface area contributed by atoms with Gasteiger partial charge in [-0.3, -0.25) is 9.69 Å². The number of likely N-dealkylation sites (N-methyl/N-ethyl adjacent to an activating group) is 1. The van der Waals surface area contributed by atoms with Gasteiger partial charge in [0.2, 0.25) is 0 Å². The van der Waals surface area contributed by atoms with Crippen molar-refractivity contribution in [2.45, 2.75) is 64.0 Å². The molecule has 2 bridgehead atoms. The number of fused-ring (bicyclic) bond motifs is 2. The highest BCUT2D eigenvalue weighted by Gasteiger charge is 2.44. The van der Waals surface area contributed by atoms with E-state index < -0.39 is 11.4 Å². The summed E-state index contributed by atoms with van der Waals surface area (Å²) in [6.45, 7) is 5.17. The van der Waals surface area contributed by atoms with Gasteiger partial charge in [0.25, 0.3) is 0 Å². The molecule has 4 nitrogen and oxygen atoms in total. The zero-order valence-electron chi connectivity index (χ0n) is 13.6. The Hall–Kier alpha value is -0.610. The molecule has 0 radical (unpaired) electrons. The van der Waals surface area contributed by atoms with E-state index in [1.54, 1.807) is 0 Å². The van der Waals surface area contributed by atoms with Crippen molar-refractivity contribution in [2.75, 3.05) is 26.7 Å². The van der Waals surface area contributed by atoms with Crippen LogP contribution < -0.4 is 0 Å². The van der Waals surface area contributed by atoms with E-state index in [0.29, 0.717) is 12.0 Å². The minimum atomic E-state index is -0.558. The summed E-state index contributed by atoms with van der Waals surface area (Å²) < 4.78 is 0. The third-order valence-electron chi connectivity index (χ3n) is 6.44. The quantitative estimate of drug-likeness (QED) is 0.868. The van der Waals surface area contributed by atoms with E-state index in [0.717, 1.165) is 51.4 Å². The monoisotopic (exact) mass is 294 g/mol. The van der Waals surface area contributed by atoms with Crippen LogP contribution in [0.25, 0.3) is 0 Å². The van der Waals surface area contributed by atoms with Gasteiger partial charge in [0.1, 0.15) is 0 Å². The molecule has 0 amide bonds. The van der Waals surface area contributed by atoms with Gasteiger partial charge in [-0.1, -0.05) is 6.92 Å². The number of hydrogen-bond acceptors (Lipinski definition) is 3. The van der Waals surface area contributed by atoms with Crippen LogP contribution in [0.4, 0.5) is 0 Å². The number of hydrogen-bond donors (Lipinski definition) is 1. The summed E-state index contributed by atoms with van der Waals surface area (Å²) in [5.41, 5.74) is -0.478. The fourth-order valence-corrected chi connectivity index (χ4v) is 4.71. The minimum absolute atomic E-state index is 0.478. The Labute approximate surface area is 128 Å². The first-order valence-electron chi connectivity index (χ1n) is 8.68. The lowest BCUT2D eigenvalue weighted by atomic mass is 9.70. The highest BCUT2D eigenvalue weighted by Crippen LogP contribution is 2.40. The van der Waals surface area contributed by atoms with Crippen molar-refractivity contribution >= 4 is 5.97 Å². The summed E-state index contributed by atoms with van der Waals surface area (Å²) in [5, 5.41) is 9.82. The van der Waals surface area contributed by atoms with Gasteiger partial charge < -0.3 is 10.0 Å². The van der Waals surface area contributed by atoms with Crippen LogP contribution in [0.1, 0.15) is 51.9 Å². The molecule has 2 atom stereocenters. The SMILES string of the molecule is CC1CCC(CN2CCC3CCC(C2)N3C)(C(=O)O)CC1. The molecule has 120 valence electrons. The highest BCUT2D eigenvalue weighted by atomic mass is 16.4. The standard InChI is InChI=1S/C17H30N2O2/c1-13-5-8-17(9-6-13,16(20)21)12-19-10-7-14-3-4-15(11-19)18(14)2/h13-15H,3-12H2,1-2H3,(H,20,21). The molecule has 1 N–H and O–H groups in total. The Kier molecular flexibility index (Phi) is 4.28. The van der Waals surface area contributed by atoms with Crippen molar-refractivity contribution in [2.24, 2.45) is 11.3 Å². The largest absolute Gasteiger partial charge is 0.481 e. The zero-order chi connectivity index (χ0) is 15.0. The smallest absolute Gasteiger partial charge is 0.310 e. The fourth-order valence-electron chi connectivity index (χ4n) is 4.71. The lowest BCUT2D eigenvalue weighted by Gasteiger charge is -2.40.